The number of phosphoric acid groups is 1. The molecule has 0 saturated carbocycles. The summed E-state index contributed by atoms with van der Waals surface area (Å²) in [6.45, 7) is 0.854. The minimum absolute atomic E-state index is 0.0484. The standard InChI is InChI=1S/C6H16NO4P/c1-7(2,3)5-4-6-11-12(8,9)10/h4-6H2,1-3H3,(H-,8,9,10). The van der Waals surface area contributed by atoms with E-state index in [0.29, 0.717) is 6.42 Å². The Morgan fingerprint density at radius 2 is 2.00 bits per heavy atom. The summed E-state index contributed by atoms with van der Waals surface area (Å²) in [6.07, 6.45) is 0.607. The van der Waals surface area contributed by atoms with E-state index >= 15 is 0 Å². The average molecular weight is 197 g/mol. The normalized spacial score (nSPS) is 17.4. The highest BCUT2D eigenvalue weighted by atomic mass is 31.2. The molecule has 0 aromatic carbocycles. The molecule has 0 radical (unpaired) electrons. The molecule has 1 unspecified atom stereocenters. The monoisotopic (exact) mass is 197 g/mol. The van der Waals surface area contributed by atoms with Gasteiger partial charge < -0.3 is 18.8 Å². The molecular formula is C6H16NO4P. The van der Waals surface area contributed by atoms with Crippen LogP contribution in [0.25, 0.3) is 0 Å². The molecule has 12 heavy (non-hydrogen) atoms. The number of rotatable bonds is 5. The Bertz CT molecular complexity index is 171. The van der Waals surface area contributed by atoms with Gasteiger partial charge in [-0.25, -0.2) is 0 Å². The van der Waals surface area contributed by atoms with Crippen molar-refractivity contribution in [2.45, 2.75) is 6.42 Å². The third kappa shape index (κ3) is 10.1. The third-order valence-electron chi connectivity index (χ3n) is 1.23. The Balaban J connectivity index is 3.41. The zero-order valence-corrected chi connectivity index (χ0v) is 8.58. The van der Waals surface area contributed by atoms with Crippen LogP contribution in [0, 0.1) is 0 Å². The lowest BCUT2D eigenvalue weighted by Crippen LogP contribution is -2.35. The Kier molecular flexibility index (Phi) is 4.37. The van der Waals surface area contributed by atoms with Crippen molar-refractivity contribution in [1.29, 1.82) is 0 Å². The fourth-order valence-corrected chi connectivity index (χ4v) is 1.08. The van der Waals surface area contributed by atoms with Gasteiger partial charge in [-0.1, -0.05) is 0 Å². The van der Waals surface area contributed by atoms with Gasteiger partial charge in [-0.3, -0.25) is 4.57 Å². The van der Waals surface area contributed by atoms with E-state index in [1.54, 1.807) is 0 Å². The van der Waals surface area contributed by atoms with Crippen LogP contribution in [-0.2, 0) is 9.09 Å². The van der Waals surface area contributed by atoms with E-state index in [-0.39, 0.29) is 6.61 Å². The van der Waals surface area contributed by atoms with E-state index in [0.717, 1.165) is 11.0 Å². The summed E-state index contributed by atoms with van der Waals surface area (Å²) in [5, 5.41) is 0. The molecular weight excluding hydrogens is 181 g/mol. The van der Waals surface area contributed by atoms with Crippen molar-refractivity contribution in [3.8, 4) is 0 Å². The number of phosphoric ester groups is 1. The van der Waals surface area contributed by atoms with Crippen LogP contribution in [-0.4, -0.2) is 43.7 Å². The topological polar surface area (TPSA) is 69.6 Å². The first kappa shape index (κ1) is 12.1. The first-order valence-electron chi connectivity index (χ1n) is 3.69. The molecule has 0 bridgehead atoms. The molecule has 1 N–H and O–H groups in total. The largest absolute Gasteiger partial charge is 0.756 e. The van der Waals surface area contributed by atoms with E-state index < -0.39 is 7.82 Å². The fraction of sp³-hybridized carbons (Fsp3) is 1.00. The van der Waals surface area contributed by atoms with Gasteiger partial charge in [-0.05, 0) is 0 Å². The van der Waals surface area contributed by atoms with Crippen LogP contribution in [0.15, 0.2) is 0 Å². The number of hydrogen-bond donors (Lipinski definition) is 1. The van der Waals surface area contributed by atoms with Crippen LogP contribution in [0.3, 0.4) is 0 Å². The van der Waals surface area contributed by atoms with Crippen molar-refractivity contribution in [2.24, 2.45) is 0 Å². The molecule has 1 atom stereocenters. The maximum atomic E-state index is 10.1. The van der Waals surface area contributed by atoms with Crippen molar-refractivity contribution in [3.05, 3.63) is 0 Å². The Labute approximate surface area is 72.8 Å². The summed E-state index contributed by atoms with van der Waals surface area (Å²) in [5.41, 5.74) is 0. The SMILES string of the molecule is C[N+](C)(C)CCCOP(=O)([O-])O. The third-order valence-corrected chi connectivity index (χ3v) is 1.74. The van der Waals surface area contributed by atoms with Crippen molar-refractivity contribution < 1.29 is 23.4 Å². The van der Waals surface area contributed by atoms with Gasteiger partial charge in [0.05, 0.1) is 34.3 Å². The predicted octanol–water partition coefficient (Wildman–Crippen LogP) is -0.440. The van der Waals surface area contributed by atoms with Crippen molar-refractivity contribution >= 4 is 7.82 Å². The molecule has 0 fully saturated rings. The van der Waals surface area contributed by atoms with Gasteiger partial charge >= 0.3 is 0 Å². The van der Waals surface area contributed by atoms with Crippen LogP contribution in [0.4, 0.5) is 0 Å². The summed E-state index contributed by atoms with van der Waals surface area (Å²) < 4.78 is 15.0. The number of nitrogens with zero attached hydrogens (tertiary/aromatic N) is 1. The molecule has 0 aliphatic rings. The second-order valence-corrected chi connectivity index (χ2v) is 4.86. The summed E-state index contributed by atoms with van der Waals surface area (Å²) >= 11 is 0. The molecule has 0 aliphatic carbocycles. The Morgan fingerprint density at radius 1 is 1.50 bits per heavy atom. The summed E-state index contributed by atoms with van der Waals surface area (Å²) in [5.74, 6) is 0. The van der Waals surface area contributed by atoms with Gasteiger partial charge in [0, 0.05) is 6.42 Å². The highest BCUT2D eigenvalue weighted by Crippen LogP contribution is 2.29. The molecule has 5 nitrogen and oxygen atoms in total. The fourth-order valence-electron chi connectivity index (χ4n) is 0.719. The first-order chi connectivity index (χ1) is 5.21. The molecule has 0 amide bonds. The molecule has 0 rings (SSSR count). The molecule has 74 valence electrons. The lowest BCUT2D eigenvalue weighted by molar-refractivity contribution is -0.870. The van der Waals surface area contributed by atoms with Crippen LogP contribution >= 0.6 is 7.82 Å². The molecule has 0 aromatic rings. The highest BCUT2D eigenvalue weighted by Gasteiger charge is 2.07. The molecule has 0 heterocycles. The van der Waals surface area contributed by atoms with Crippen LogP contribution in [0.1, 0.15) is 6.42 Å². The van der Waals surface area contributed by atoms with Crippen molar-refractivity contribution in [1.82, 2.24) is 0 Å². The second kappa shape index (κ2) is 4.35. The quantitative estimate of drug-likeness (QED) is 0.368. The van der Waals surface area contributed by atoms with E-state index in [1.807, 2.05) is 21.1 Å². The second-order valence-electron chi connectivity index (χ2n) is 3.67. The van der Waals surface area contributed by atoms with Crippen molar-refractivity contribution in [2.75, 3.05) is 34.3 Å². The maximum absolute atomic E-state index is 10.1. The molecule has 6 heteroatoms. The first-order valence-corrected chi connectivity index (χ1v) is 5.19. The zero-order chi connectivity index (χ0) is 9.83. The van der Waals surface area contributed by atoms with Gasteiger partial charge in [0.1, 0.15) is 0 Å². The van der Waals surface area contributed by atoms with Gasteiger partial charge in [0.15, 0.2) is 0 Å². The lowest BCUT2D eigenvalue weighted by Gasteiger charge is -2.24. The summed E-state index contributed by atoms with van der Waals surface area (Å²) in [6, 6.07) is 0. The minimum Gasteiger partial charge on any atom is -0.756 e. The Hall–Kier alpha value is 0.0700. The molecule has 0 spiro atoms. The van der Waals surface area contributed by atoms with Gasteiger partial charge in [-0.2, -0.15) is 0 Å². The number of quaternary nitrogens is 1. The molecule has 0 aliphatic heterocycles. The van der Waals surface area contributed by atoms with Gasteiger partial charge in [0.2, 0.25) is 0 Å². The van der Waals surface area contributed by atoms with Gasteiger partial charge in [-0.15, -0.1) is 0 Å². The average Bonchev–Trinajstić information content (AvgIpc) is 1.76. The highest BCUT2D eigenvalue weighted by molar-refractivity contribution is 7.44. The van der Waals surface area contributed by atoms with Crippen LogP contribution in [0.5, 0.6) is 0 Å². The van der Waals surface area contributed by atoms with E-state index in [4.69, 9.17) is 4.89 Å². The summed E-state index contributed by atoms with van der Waals surface area (Å²) in [4.78, 5) is 18.3. The zero-order valence-electron chi connectivity index (χ0n) is 7.69. The minimum atomic E-state index is -4.50. The van der Waals surface area contributed by atoms with Gasteiger partial charge in [0.25, 0.3) is 7.82 Å². The Morgan fingerprint density at radius 3 is 2.33 bits per heavy atom. The smallest absolute Gasteiger partial charge is 0.265 e. The van der Waals surface area contributed by atoms with E-state index in [1.165, 1.54) is 0 Å². The predicted molar refractivity (Wildman–Crippen MR) is 43.3 cm³/mol. The van der Waals surface area contributed by atoms with Crippen LogP contribution < -0.4 is 4.89 Å². The number of hydrogen-bond acceptors (Lipinski definition) is 3. The van der Waals surface area contributed by atoms with E-state index in [9.17, 15) is 9.46 Å². The van der Waals surface area contributed by atoms with Crippen LogP contribution in [0.2, 0.25) is 0 Å². The maximum Gasteiger partial charge on any atom is 0.265 e. The van der Waals surface area contributed by atoms with Crippen molar-refractivity contribution in [3.63, 3.8) is 0 Å². The van der Waals surface area contributed by atoms with E-state index in [2.05, 4.69) is 4.52 Å². The lowest BCUT2D eigenvalue weighted by atomic mass is 10.4. The molecule has 0 saturated heterocycles. The summed E-state index contributed by atoms with van der Waals surface area (Å²) in [7, 11) is 1.48. The molecule has 0 aromatic heterocycles.